The molecule has 64 valence electrons. The summed E-state index contributed by atoms with van der Waals surface area (Å²) in [6.45, 7) is 6.64. The summed E-state index contributed by atoms with van der Waals surface area (Å²) in [7, 11) is 0. The molecule has 0 aliphatic heterocycles. The molecule has 0 unspecified atom stereocenters. The Kier molecular flexibility index (Phi) is 2.82. The van der Waals surface area contributed by atoms with Gasteiger partial charge in [-0.3, -0.25) is 0 Å². The van der Waals surface area contributed by atoms with Crippen LogP contribution in [-0.2, 0) is 5.41 Å². The van der Waals surface area contributed by atoms with Crippen molar-refractivity contribution in [2.24, 2.45) is 0 Å². The van der Waals surface area contributed by atoms with E-state index in [0.717, 1.165) is 22.4 Å². The lowest BCUT2D eigenvalue weighted by Crippen LogP contribution is -2.10. The molecule has 1 rings (SSSR count). The first-order valence-corrected chi connectivity index (χ1v) is 5.00. The quantitative estimate of drug-likeness (QED) is 0.597. The summed E-state index contributed by atoms with van der Waals surface area (Å²) in [4.78, 5) is 0. The Morgan fingerprint density at radius 1 is 1.08 bits per heavy atom. The smallest absolute Gasteiger partial charge is 0.496 e. The van der Waals surface area contributed by atoms with E-state index in [0.29, 0.717) is 0 Å². The highest BCUT2D eigenvalue weighted by Gasteiger charge is 2.12. The van der Waals surface area contributed by atoms with Gasteiger partial charge in [-0.05, 0) is 23.1 Å². The second-order valence-electron chi connectivity index (χ2n) is 3.98. The molecule has 0 amide bonds. The Labute approximate surface area is 82.5 Å². The van der Waals surface area contributed by atoms with Gasteiger partial charge in [-0.1, -0.05) is 32.9 Å². The van der Waals surface area contributed by atoms with E-state index in [1.807, 2.05) is 12.1 Å². The Bertz CT molecular complexity index is 246. The van der Waals surface area contributed by atoms with Crippen molar-refractivity contribution in [1.82, 2.24) is 0 Å². The summed E-state index contributed by atoms with van der Waals surface area (Å²) in [6, 6.07) is 8.33. The number of hydrogen-bond donors (Lipinski definition) is 0. The molecule has 12 heavy (non-hydrogen) atoms. The minimum atomic E-state index is 0.240. The third-order valence-electron chi connectivity index (χ3n) is 1.96. The van der Waals surface area contributed by atoms with Crippen LogP contribution < -0.4 is 3.79 Å². The Morgan fingerprint density at radius 2 is 1.58 bits per heavy atom. The standard InChI is InChI=1S/C10H14O.Al.2H/c1-10(2,3)8-4-6-9(11)7-5-8;;;/h4-7,11H,1-3H3;;;/q;+1;;/p-1. The number of hydrogen-bond acceptors (Lipinski definition) is 1. The molecule has 1 aromatic carbocycles. The van der Waals surface area contributed by atoms with E-state index in [1.165, 1.54) is 5.56 Å². The molecular formula is C10H15AlO. The van der Waals surface area contributed by atoms with Crippen molar-refractivity contribution in [3.05, 3.63) is 29.8 Å². The zero-order chi connectivity index (χ0) is 9.19. The molecule has 0 aliphatic carbocycles. The van der Waals surface area contributed by atoms with Gasteiger partial charge in [-0.2, -0.15) is 0 Å². The molecule has 1 aromatic rings. The summed E-state index contributed by atoms with van der Waals surface area (Å²) in [5, 5.41) is 0. The maximum absolute atomic E-state index is 5.22. The molecule has 0 saturated heterocycles. The Balaban J connectivity index is 2.93. The van der Waals surface area contributed by atoms with Gasteiger partial charge in [-0.25, -0.2) is 0 Å². The summed E-state index contributed by atoms with van der Waals surface area (Å²) < 4.78 is 5.22. The van der Waals surface area contributed by atoms with E-state index in [9.17, 15) is 0 Å². The number of benzene rings is 1. The van der Waals surface area contributed by atoms with Crippen molar-refractivity contribution < 1.29 is 3.79 Å². The van der Waals surface area contributed by atoms with Crippen LogP contribution in [-0.4, -0.2) is 16.6 Å². The van der Waals surface area contributed by atoms with Crippen LogP contribution in [0.2, 0.25) is 0 Å². The highest BCUT2D eigenvalue weighted by molar-refractivity contribution is 5.99. The van der Waals surface area contributed by atoms with Crippen molar-refractivity contribution in [2.75, 3.05) is 0 Å². The lowest BCUT2D eigenvalue weighted by molar-refractivity contribution is 0.584. The summed E-state index contributed by atoms with van der Waals surface area (Å²) in [6.07, 6.45) is 0. The molecule has 0 aromatic heterocycles. The monoisotopic (exact) mass is 178 g/mol. The van der Waals surface area contributed by atoms with Gasteiger partial charge in [-0.15, -0.1) is 0 Å². The molecule has 0 fully saturated rings. The van der Waals surface area contributed by atoms with Crippen LogP contribution in [0.15, 0.2) is 24.3 Å². The molecule has 2 heteroatoms. The molecule has 0 heterocycles. The molecule has 0 aliphatic rings. The predicted octanol–water partition coefficient (Wildman–Crippen LogP) is 1.91. The molecule has 0 N–H and O–H groups in total. The zero-order valence-corrected chi connectivity index (χ0v) is 10.2. The van der Waals surface area contributed by atoms with E-state index in [-0.39, 0.29) is 5.41 Å². The molecule has 0 bridgehead atoms. The molecule has 0 radical (unpaired) electrons. The van der Waals surface area contributed by atoms with Crippen molar-refractivity contribution in [1.29, 1.82) is 0 Å². The van der Waals surface area contributed by atoms with E-state index in [4.69, 9.17) is 3.79 Å². The highest BCUT2D eigenvalue weighted by Crippen LogP contribution is 2.23. The van der Waals surface area contributed by atoms with Crippen molar-refractivity contribution in [3.8, 4) is 5.75 Å². The van der Waals surface area contributed by atoms with Gasteiger partial charge < -0.3 is 3.79 Å². The lowest BCUT2D eigenvalue weighted by atomic mass is 9.87. The topological polar surface area (TPSA) is 9.23 Å². The average Bonchev–Trinajstić information content (AvgIpc) is 2.03. The van der Waals surface area contributed by atoms with Crippen molar-refractivity contribution in [2.45, 2.75) is 26.2 Å². The summed E-state index contributed by atoms with van der Waals surface area (Å²) in [5.41, 5.74) is 1.59. The van der Waals surface area contributed by atoms with Crippen LogP contribution in [0.4, 0.5) is 0 Å². The Morgan fingerprint density at radius 3 is 1.92 bits per heavy atom. The van der Waals surface area contributed by atoms with Crippen LogP contribution in [0, 0.1) is 0 Å². The fourth-order valence-electron chi connectivity index (χ4n) is 1.09. The van der Waals surface area contributed by atoms with Gasteiger partial charge in [0.2, 0.25) is 0 Å². The van der Waals surface area contributed by atoms with Gasteiger partial charge in [0.15, 0.2) is 0 Å². The largest absolute Gasteiger partial charge is 0.647 e. The molecule has 1 nitrogen and oxygen atoms in total. The fraction of sp³-hybridized carbons (Fsp3) is 0.400. The van der Waals surface area contributed by atoms with Gasteiger partial charge >= 0.3 is 16.6 Å². The molecule has 0 atom stereocenters. The van der Waals surface area contributed by atoms with Gasteiger partial charge in [0.25, 0.3) is 0 Å². The molecular weight excluding hydrogens is 163 g/mol. The maximum Gasteiger partial charge on any atom is 0.496 e. The SMILES string of the molecule is CC(C)(C)c1ccc([O][AlH2])cc1. The molecule has 0 spiro atoms. The van der Waals surface area contributed by atoms with E-state index < -0.39 is 0 Å². The summed E-state index contributed by atoms with van der Waals surface area (Å²) >= 11 is 0.764. The van der Waals surface area contributed by atoms with Crippen LogP contribution >= 0.6 is 0 Å². The lowest BCUT2D eigenvalue weighted by Gasteiger charge is -2.19. The first kappa shape index (κ1) is 9.64. The second kappa shape index (κ2) is 3.51. The first-order chi connectivity index (χ1) is 5.54. The summed E-state index contributed by atoms with van der Waals surface area (Å²) in [5.74, 6) is 0.981. The second-order valence-corrected chi connectivity index (χ2v) is 4.39. The minimum absolute atomic E-state index is 0.240. The van der Waals surface area contributed by atoms with Crippen LogP contribution in [0.1, 0.15) is 26.3 Å². The first-order valence-electron chi connectivity index (χ1n) is 4.18. The highest BCUT2D eigenvalue weighted by atomic mass is 27.1. The minimum Gasteiger partial charge on any atom is -0.647 e. The third kappa shape index (κ3) is 2.27. The van der Waals surface area contributed by atoms with E-state index >= 15 is 0 Å². The van der Waals surface area contributed by atoms with Crippen LogP contribution in [0.3, 0.4) is 0 Å². The Hall–Kier alpha value is -0.448. The number of rotatable bonds is 1. The normalized spacial score (nSPS) is 11.2. The van der Waals surface area contributed by atoms with Crippen LogP contribution in [0.5, 0.6) is 5.75 Å². The van der Waals surface area contributed by atoms with Gasteiger partial charge in [0.05, 0.1) is 5.75 Å². The van der Waals surface area contributed by atoms with Crippen molar-refractivity contribution >= 4 is 16.6 Å². The van der Waals surface area contributed by atoms with Crippen LogP contribution in [0.25, 0.3) is 0 Å². The third-order valence-corrected chi connectivity index (χ3v) is 2.43. The predicted molar refractivity (Wildman–Crippen MR) is 54.3 cm³/mol. The van der Waals surface area contributed by atoms with E-state index in [2.05, 4.69) is 32.9 Å². The van der Waals surface area contributed by atoms with Gasteiger partial charge in [0, 0.05) is 0 Å². The van der Waals surface area contributed by atoms with E-state index in [1.54, 1.807) is 0 Å². The zero-order valence-electron chi connectivity index (χ0n) is 8.22. The maximum atomic E-state index is 5.22. The van der Waals surface area contributed by atoms with Gasteiger partial charge in [0.1, 0.15) is 0 Å². The fourth-order valence-corrected chi connectivity index (χ4v) is 1.36. The average molecular weight is 178 g/mol. The van der Waals surface area contributed by atoms with Crippen molar-refractivity contribution in [3.63, 3.8) is 0 Å². The molecule has 0 saturated carbocycles.